The molecule has 0 fully saturated rings. The van der Waals surface area contributed by atoms with Gasteiger partial charge in [-0.15, -0.1) is 0 Å². The van der Waals surface area contributed by atoms with Crippen molar-refractivity contribution in [1.82, 2.24) is 10.6 Å². The van der Waals surface area contributed by atoms with E-state index < -0.39 is 12.1 Å². The summed E-state index contributed by atoms with van der Waals surface area (Å²) in [4.78, 5) is 38.4. The number of unbranched alkanes of at least 4 members (excludes halogenated alkanes) is 5. The average Bonchev–Trinajstić information content (AvgIpc) is 3.19. The molecule has 224 valence electrons. The number of hydrogen-bond acceptors (Lipinski definition) is 7. The Kier molecular flexibility index (Phi) is 11.9. The standard InChI is InChI=1S/C32H45N3O6/c1-7-8-9-10-11-12-17-33-32(38)20(2)34-26-16-14-23-24(19-27(26)37)25(35-21(3)36)15-13-22-18-28(39-4)30(40-5)31(41-6)29(22)23/h14,16,18-20,25H,7-13,15,17H2,1-6H3,(H,33,38)(H,34,37)(H,35,36)/t20-,25+/m1/s1. The molecule has 2 amide bonds. The number of ether oxygens (including phenoxy) is 3. The third kappa shape index (κ3) is 7.93. The van der Waals surface area contributed by atoms with Crippen molar-refractivity contribution in [1.29, 1.82) is 0 Å². The van der Waals surface area contributed by atoms with Crippen molar-refractivity contribution < 1.29 is 23.8 Å². The van der Waals surface area contributed by atoms with Crippen LogP contribution in [-0.2, 0) is 16.0 Å². The largest absolute Gasteiger partial charge is 0.493 e. The van der Waals surface area contributed by atoms with Gasteiger partial charge in [0.2, 0.25) is 23.0 Å². The van der Waals surface area contributed by atoms with E-state index in [2.05, 4.69) is 22.9 Å². The van der Waals surface area contributed by atoms with Gasteiger partial charge < -0.3 is 30.2 Å². The minimum atomic E-state index is -0.609. The molecule has 9 nitrogen and oxygen atoms in total. The number of rotatable bonds is 14. The summed E-state index contributed by atoms with van der Waals surface area (Å²) in [6, 6.07) is 5.98. The molecule has 1 aliphatic rings. The fourth-order valence-corrected chi connectivity index (χ4v) is 5.40. The zero-order valence-corrected chi connectivity index (χ0v) is 25.3. The highest BCUT2D eigenvalue weighted by Gasteiger charge is 2.29. The number of fused-ring (bicyclic) bond motifs is 3. The zero-order valence-electron chi connectivity index (χ0n) is 25.3. The van der Waals surface area contributed by atoms with Gasteiger partial charge in [0.15, 0.2) is 11.5 Å². The second-order valence-corrected chi connectivity index (χ2v) is 10.5. The first kappa shape index (κ1) is 31.8. The van der Waals surface area contributed by atoms with E-state index in [0.717, 1.165) is 29.5 Å². The van der Waals surface area contributed by atoms with E-state index in [9.17, 15) is 14.4 Å². The maximum atomic E-state index is 13.5. The lowest BCUT2D eigenvalue weighted by atomic mass is 9.95. The highest BCUT2D eigenvalue weighted by molar-refractivity contribution is 5.85. The molecule has 0 unspecified atom stereocenters. The first-order valence-corrected chi connectivity index (χ1v) is 14.6. The molecule has 2 aromatic carbocycles. The molecule has 3 rings (SSSR count). The van der Waals surface area contributed by atoms with Gasteiger partial charge in [-0.3, -0.25) is 14.4 Å². The number of aryl methyl sites for hydroxylation is 1. The van der Waals surface area contributed by atoms with E-state index in [0.29, 0.717) is 47.9 Å². The lowest BCUT2D eigenvalue weighted by Gasteiger charge is -2.19. The fourth-order valence-electron chi connectivity index (χ4n) is 5.40. The minimum absolute atomic E-state index is 0.161. The molecule has 0 heterocycles. The van der Waals surface area contributed by atoms with Crippen LogP contribution >= 0.6 is 0 Å². The van der Waals surface area contributed by atoms with E-state index in [1.807, 2.05) is 12.1 Å². The molecule has 0 radical (unpaired) electrons. The van der Waals surface area contributed by atoms with Gasteiger partial charge in [0, 0.05) is 19.0 Å². The molecule has 9 heteroatoms. The van der Waals surface area contributed by atoms with Crippen molar-refractivity contribution in [3.05, 3.63) is 45.6 Å². The molecule has 0 aliphatic heterocycles. The van der Waals surface area contributed by atoms with Gasteiger partial charge in [0.1, 0.15) is 6.04 Å². The summed E-state index contributed by atoms with van der Waals surface area (Å²) in [6.45, 7) is 6.00. The maximum absolute atomic E-state index is 13.5. The summed E-state index contributed by atoms with van der Waals surface area (Å²) in [5.41, 5.74) is 3.15. The Hall–Kier alpha value is -3.75. The van der Waals surface area contributed by atoms with Crippen molar-refractivity contribution in [2.24, 2.45) is 0 Å². The van der Waals surface area contributed by atoms with Crippen LogP contribution in [0.1, 0.15) is 82.9 Å². The molecular formula is C32H45N3O6. The summed E-state index contributed by atoms with van der Waals surface area (Å²) in [5, 5.41) is 9.08. The second-order valence-electron chi connectivity index (χ2n) is 10.5. The van der Waals surface area contributed by atoms with Crippen LogP contribution < -0.4 is 35.6 Å². The van der Waals surface area contributed by atoms with Gasteiger partial charge in [-0.05, 0) is 61.1 Å². The van der Waals surface area contributed by atoms with Crippen molar-refractivity contribution in [2.75, 3.05) is 33.2 Å². The molecule has 2 atom stereocenters. The first-order valence-electron chi connectivity index (χ1n) is 14.6. The van der Waals surface area contributed by atoms with E-state index in [1.54, 1.807) is 40.4 Å². The summed E-state index contributed by atoms with van der Waals surface area (Å²) in [7, 11) is 4.68. The lowest BCUT2D eigenvalue weighted by molar-refractivity contribution is -0.121. The van der Waals surface area contributed by atoms with Gasteiger partial charge in [0.25, 0.3) is 0 Å². The molecule has 2 aromatic rings. The maximum Gasteiger partial charge on any atom is 0.242 e. The number of hydrogen-bond donors (Lipinski definition) is 3. The fraction of sp³-hybridized carbons (Fsp3) is 0.531. The Morgan fingerprint density at radius 3 is 2.34 bits per heavy atom. The van der Waals surface area contributed by atoms with Crippen LogP contribution in [0.15, 0.2) is 29.1 Å². The lowest BCUT2D eigenvalue weighted by Crippen LogP contribution is -2.38. The van der Waals surface area contributed by atoms with Crippen LogP contribution in [-0.4, -0.2) is 45.7 Å². The summed E-state index contributed by atoms with van der Waals surface area (Å²) in [5.74, 6) is 1.12. The van der Waals surface area contributed by atoms with Crippen LogP contribution in [0.25, 0.3) is 11.1 Å². The number of carbonyl (C=O) groups excluding carboxylic acids is 2. The normalized spacial score (nSPS) is 14.5. The van der Waals surface area contributed by atoms with E-state index in [1.165, 1.54) is 32.6 Å². The Balaban J connectivity index is 1.96. The molecular weight excluding hydrogens is 522 g/mol. The average molecular weight is 568 g/mol. The summed E-state index contributed by atoms with van der Waals surface area (Å²) >= 11 is 0. The van der Waals surface area contributed by atoms with Crippen LogP contribution in [0.4, 0.5) is 5.69 Å². The monoisotopic (exact) mass is 567 g/mol. The van der Waals surface area contributed by atoms with Crippen LogP contribution in [0.2, 0.25) is 0 Å². The number of methoxy groups -OCH3 is 3. The summed E-state index contributed by atoms with van der Waals surface area (Å²) < 4.78 is 17.0. The number of nitrogens with one attached hydrogen (secondary N) is 3. The Morgan fingerprint density at radius 2 is 1.68 bits per heavy atom. The smallest absolute Gasteiger partial charge is 0.242 e. The van der Waals surface area contributed by atoms with Crippen LogP contribution in [0, 0.1) is 0 Å². The predicted molar refractivity (Wildman–Crippen MR) is 162 cm³/mol. The highest BCUT2D eigenvalue weighted by atomic mass is 16.5. The van der Waals surface area contributed by atoms with Gasteiger partial charge in [-0.25, -0.2) is 0 Å². The molecule has 0 bridgehead atoms. The minimum Gasteiger partial charge on any atom is -0.493 e. The van der Waals surface area contributed by atoms with Gasteiger partial charge >= 0.3 is 0 Å². The topological polar surface area (TPSA) is 115 Å². The molecule has 0 saturated heterocycles. The van der Waals surface area contributed by atoms with Crippen molar-refractivity contribution in [3.63, 3.8) is 0 Å². The summed E-state index contributed by atoms with van der Waals surface area (Å²) in [6.07, 6.45) is 8.06. The Labute approximate surface area is 243 Å². The van der Waals surface area contributed by atoms with E-state index >= 15 is 0 Å². The van der Waals surface area contributed by atoms with Gasteiger partial charge in [-0.2, -0.15) is 0 Å². The van der Waals surface area contributed by atoms with E-state index in [4.69, 9.17) is 14.2 Å². The molecule has 0 spiro atoms. The molecule has 1 aliphatic carbocycles. The van der Waals surface area contributed by atoms with Crippen LogP contribution in [0.5, 0.6) is 17.2 Å². The number of anilines is 1. The van der Waals surface area contributed by atoms with E-state index in [-0.39, 0.29) is 17.2 Å². The first-order chi connectivity index (χ1) is 19.7. The molecule has 3 N–H and O–H groups in total. The number of carbonyl (C=O) groups is 2. The van der Waals surface area contributed by atoms with Gasteiger partial charge in [0.05, 0.1) is 33.1 Å². The zero-order chi connectivity index (χ0) is 29.9. The number of amides is 2. The Bertz CT molecular complexity index is 1280. The molecule has 41 heavy (non-hydrogen) atoms. The predicted octanol–water partition coefficient (Wildman–Crippen LogP) is 5.14. The third-order valence-electron chi connectivity index (χ3n) is 7.51. The van der Waals surface area contributed by atoms with Crippen molar-refractivity contribution in [3.8, 4) is 28.4 Å². The quantitative estimate of drug-likeness (QED) is 0.271. The number of benzene rings is 1. The van der Waals surface area contributed by atoms with Crippen molar-refractivity contribution >= 4 is 17.5 Å². The molecule has 0 aromatic heterocycles. The second kappa shape index (κ2) is 15.3. The third-order valence-corrected chi connectivity index (χ3v) is 7.51. The highest BCUT2D eigenvalue weighted by Crippen LogP contribution is 2.50. The molecule has 0 saturated carbocycles. The van der Waals surface area contributed by atoms with Crippen LogP contribution in [0.3, 0.4) is 0 Å². The SMILES string of the molecule is CCCCCCCCNC(=O)[C@@H](C)Nc1ccc2c(cc1=O)[C@@H](NC(C)=O)CCc1cc(OC)c(OC)c(OC)c1-2. The Morgan fingerprint density at radius 1 is 0.976 bits per heavy atom. The van der Waals surface area contributed by atoms with Crippen molar-refractivity contribution in [2.45, 2.75) is 84.2 Å². The van der Waals surface area contributed by atoms with Gasteiger partial charge in [-0.1, -0.05) is 45.1 Å².